The van der Waals surface area contributed by atoms with Crippen LogP contribution in [0.1, 0.15) is 41.8 Å². The van der Waals surface area contributed by atoms with Crippen molar-refractivity contribution in [2.45, 2.75) is 57.0 Å². The molecule has 2 saturated heterocycles. The predicted octanol–water partition coefficient (Wildman–Crippen LogP) is 3.13. The normalized spacial score (nSPS) is 23.3. The molecule has 0 radical (unpaired) electrons. The fourth-order valence-corrected chi connectivity index (χ4v) is 4.79. The summed E-state index contributed by atoms with van der Waals surface area (Å²) in [5.74, 6) is -3.29. The molecule has 0 bridgehead atoms. The maximum absolute atomic E-state index is 12.8. The molecule has 1 aromatic heterocycles. The number of fused-ring (bicyclic) bond motifs is 1. The van der Waals surface area contributed by atoms with Gasteiger partial charge in [-0.3, -0.25) is 9.69 Å². The van der Waals surface area contributed by atoms with Crippen LogP contribution in [0.2, 0.25) is 0 Å². The summed E-state index contributed by atoms with van der Waals surface area (Å²) in [6.07, 6.45) is -3.49. The zero-order valence-corrected chi connectivity index (χ0v) is 21.6. The van der Waals surface area contributed by atoms with Crippen molar-refractivity contribution >= 4 is 17.8 Å². The summed E-state index contributed by atoms with van der Waals surface area (Å²) in [7, 11) is 4.34. The predicted molar refractivity (Wildman–Crippen MR) is 123 cm³/mol. The van der Waals surface area contributed by atoms with Gasteiger partial charge in [-0.05, 0) is 58.5 Å². The van der Waals surface area contributed by atoms with Crippen LogP contribution in [-0.2, 0) is 9.59 Å². The number of nitrogens with zero attached hydrogens (tertiary/aromatic N) is 4. The number of alkyl halides is 6. The number of likely N-dealkylation sites (N-methyl/N-ethyl adjacent to an activating group) is 1. The first kappa shape index (κ1) is 32.3. The molecule has 1 amide bonds. The quantitative estimate of drug-likeness (QED) is 0.510. The summed E-state index contributed by atoms with van der Waals surface area (Å²) in [6.45, 7) is 5.92. The number of carbonyl (C=O) groups excluding carboxylic acids is 1. The highest BCUT2D eigenvalue weighted by atomic mass is 19.4. The first-order valence-corrected chi connectivity index (χ1v) is 12.1. The number of amides is 1. The maximum Gasteiger partial charge on any atom is 0.490 e. The van der Waals surface area contributed by atoms with Crippen molar-refractivity contribution < 1.29 is 55.5 Å². The Balaban J connectivity index is 0.000000317. The van der Waals surface area contributed by atoms with E-state index in [9.17, 15) is 31.1 Å². The van der Waals surface area contributed by atoms with Crippen LogP contribution in [0.3, 0.4) is 0 Å². The molecule has 3 fully saturated rings. The Bertz CT molecular complexity index is 970. The smallest absolute Gasteiger partial charge is 0.475 e. The molecular formula is C23H32F6N4O6. The fourth-order valence-electron chi connectivity index (χ4n) is 4.79. The summed E-state index contributed by atoms with van der Waals surface area (Å²) >= 11 is 0. The first-order valence-electron chi connectivity index (χ1n) is 12.1. The number of carboxylic acids is 2. The van der Waals surface area contributed by atoms with Gasteiger partial charge in [-0.15, -0.1) is 0 Å². The number of piperidine rings is 1. The van der Waals surface area contributed by atoms with Gasteiger partial charge in [0.2, 0.25) is 0 Å². The van der Waals surface area contributed by atoms with E-state index >= 15 is 0 Å². The summed E-state index contributed by atoms with van der Waals surface area (Å²) < 4.78 is 68.6. The number of halogens is 6. The molecule has 3 atom stereocenters. The third-order valence-electron chi connectivity index (χ3n) is 6.66. The van der Waals surface area contributed by atoms with Gasteiger partial charge in [0.15, 0.2) is 0 Å². The summed E-state index contributed by atoms with van der Waals surface area (Å²) in [5.41, 5.74) is 0.621. The monoisotopic (exact) mass is 574 g/mol. The molecule has 39 heavy (non-hydrogen) atoms. The molecule has 2 aliphatic heterocycles. The van der Waals surface area contributed by atoms with Crippen molar-refractivity contribution in [3.8, 4) is 0 Å². The number of aryl methyl sites for hydroxylation is 1. The Labute approximate surface area is 220 Å². The summed E-state index contributed by atoms with van der Waals surface area (Å²) in [6, 6.07) is 1.29. The lowest BCUT2D eigenvalue weighted by molar-refractivity contribution is -0.193. The van der Waals surface area contributed by atoms with E-state index in [1.165, 1.54) is 25.8 Å². The molecule has 222 valence electrons. The molecule has 4 rings (SSSR count). The number of likely N-dealkylation sites (tertiary alicyclic amines) is 2. The molecule has 0 aromatic carbocycles. The minimum atomic E-state index is -5.08. The van der Waals surface area contributed by atoms with Crippen LogP contribution < -0.4 is 0 Å². The van der Waals surface area contributed by atoms with Gasteiger partial charge in [0, 0.05) is 38.3 Å². The van der Waals surface area contributed by atoms with Gasteiger partial charge in [0.1, 0.15) is 11.3 Å². The largest absolute Gasteiger partial charge is 0.490 e. The van der Waals surface area contributed by atoms with Crippen LogP contribution in [0.5, 0.6) is 0 Å². The van der Waals surface area contributed by atoms with Gasteiger partial charge in [-0.1, -0.05) is 5.16 Å². The zero-order valence-electron chi connectivity index (χ0n) is 21.6. The van der Waals surface area contributed by atoms with Crippen molar-refractivity contribution in [3.05, 3.63) is 17.5 Å². The average molecular weight is 575 g/mol. The lowest BCUT2D eigenvalue weighted by atomic mass is 9.91. The third kappa shape index (κ3) is 9.67. The van der Waals surface area contributed by atoms with E-state index in [4.69, 9.17) is 24.3 Å². The van der Waals surface area contributed by atoms with Crippen LogP contribution in [0, 0.1) is 18.8 Å². The van der Waals surface area contributed by atoms with Crippen molar-refractivity contribution in [3.63, 3.8) is 0 Å². The number of carboxylic acid groups (broad SMARTS) is 2. The third-order valence-corrected chi connectivity index (χ3v) is 6.66. The minimum Gasteiger partial charge on any atom is -0.475 e. The minimum absolute atomic E-state index is 0.0852. The topological polar surface area (TPSA) is 127 Å². The molecule has 3 heterocycles. The molecule has 0 unspecified atom stereocenters. The van der Waals surface area contributed by atoms with Gasteiger partial charge in [-0.2, -0.15) is 26.3 Å². The fraction of sp³-hybridized carbons (Fsp3) is 0.739. The van der Waals surface area contributed by atoms with Gasteiger partial charge >= 0.3 is 24.3 Å². The Kier molecular flexibility index (Phi) is 10.8. The standard InChI is InChI=1S/C19H30N4O2.2C2HF3O2/c1-13-17(9-20-25-13)19(24)22-7-6-18-15(11-22)8-16(12-21(2)3)23(18)10-14-4-5-14;2*3-2(4,5)1(6)7/h9,14-16,18H,4-8,10-12H2,1-3H3;2*(H,6,7)/t15-,16+,18+;;/m1../s1. The second kappa shape index (κ2) is 13.0. The number of aromatic nitrogens is 1. The lowest BCUT2D eigenvalue weighted by Gasteiger charge is -2.39. The number of hydrogen-bond donors (Lipinski definition) is 2. The zero-order chi connectivity index (χ0) is 29.7. The molecular weight excluding hydrogens is 542 g/mol. The molecule has 1 aliphatic carbocycles. The summed E-state index contributed by atoms with van der Waals surface area (Å²) in [4.78, 5) is 37.7. The van der Waals surface area contributed by atoms with Crippen molar-refractivity contribution in [2.24, 2.45) is 11.8 Å². The van der Waals surface area contributed by atoms with Crippen LogP contribution >= 0.6 is 0 Å². The highest BCUT2D eigenvalue weighted by molar-refractivity contribution is 5.94. The number of aliphatic carboxylic acids is 2. The first-order chi connectivity index (χ1) is 17.9. The second-order valence-electron chi connectivity index (χ2n) is 10.1. The van der Waals surface area contributed by atoms with Crippen LogP contribution in [0.4, 0.5) is 26.3 Å². The van der Waals surface area contributed by atoms with Crippen LogP contribution in [0.15, 0.2) is 10.7 Å². The second-order valence-corrected chi connectivity index (χ2v) is 10.1. The summed E-state index contributed by atoms with van der Waals surface area (Å²) in [5, 5.41) is 18.0. The molecule has 16 heteroatoms. The van der Waals surface area contributed by atoms with Crippen LogP contribution in [-0.4, -0.2) is 113 Å². The Hall–Kier alpha value is -2.88. The van der Waals surface area contributed by atoms with E-state index in [1.807, 2.05) is 11.8 Å². The SMILES string of the molecule is Cc1oncc1C(=O)N1CC[C@H]2[C@H](C[C@@H](CN(C)C)N2CC2CC2)C1.O=C(O)C(F)(F)F.O=C(O)C(F)(F)F. The highest BCUT2D eigenvalue weighted by Gasteiger charge is 2.46. The Morgan fingerprint density at radius 3 is 2.00 bits per heavy atom. The number of rotatable bonds is 5. The van der Waals surface area contributed by atoms with E-state index in [1.54, 1.807) is 6.20 Å². The van der Waals surface area contributed by atoms with E-state index in [2.05, 4.69) is 29.1 Å². The van der Waals surface area contributed by atoms with Crippen molar-refractivity contribution in [2.75, 3.05) is 40.3 Å². The average Bonchev–Trinajstić information content (AvgIpc) is 3.43. The lowest BCUT2D eigenvalue weighted by Crippen LogP contribution is -2.49. The van der Waals surface area contributed by atoms with Gasteiger partial charge in [-0.25, -0.2) is 9.59 Å². The molecule has 2 N–H and O–H groups in total. The molecule has 1 saturated carbocycles. The van der Waals surface area contributed by atoms with E-state index in [0.717, 1.165) is 32.0 Å². The van der Waals surface area contributed by atoms with E-state index in [0.29, 0.717) is 29.3 Å². The Morgan fingerprint density at radius 2 is 1.59 bits per heavy atom. The van der Waals surface area contributed by atoms with E-state index < -0.39 is 24.3 Å². The molecule has 1 aromatic rings. The highest BCUT2D eigenvalue weighted by Crippen LogP contribution is 2.40. The maximum atomic E-state index is 12.8. The van der Waals surface area contributed by atoms with Crippen LogP contribution in [0.25, 0.3) is 0 Å². The molecule has 3 aliphatic rings. The Morgan fingerprint density at radius 1 is 1.05 bits per heavy atom. The van der Waals surface area contributed by atoms with Crippen molar-refractivity contribution in [1.82, 2.24) is 19.9 Å². The molecule has 10 nitrogen and oxygen atoms in total. The van der Waals surface area contributed by atoms with Gasteiger partial charge < -0.3 is 24.5 Å². The van der Waals surface area contributed by atoms with Crippen molar-refractivity contribution in [1.29, 1.82) is 0 Å². The number of carbonyl (C=O) groups is 3. The van der Waals surface area contributed by atoms with E-state index in [-0.39, 0.29) is 5.91 Å². The van der Waals surface area contributed by atoms with Gasteiger partial charge in [0.25, 0.3) is 5.91 Å². The molecule has 0 spiro atoms. The number of hydrogen-bond acceptors (Lipinski definition) is 7. The van der Waals surface area contributed by atoms with Gasteiger partial charge in [0.05, 0.1) is 6.20 Å².